The minimum absolute atomic E-state index is 0.930. The molecule has 0 bridgehead atoms. The van der Waals surface area contributed by atoms with Crippen LogP contribution < -0.4 is 0 Å². The van der Waals surface area contributed by atoms with Crippen LogP contribution in [-0.2, 0) is 0 Å². The van der Waals surface area contributed by atoms with Crippen LogP contribution in [0, 0.1) is 0 Å². The molecule has 4 aromatic carbocycles. The molecule has 0 spiro atoms. The average Bonchev–Trinajstić information content (AvgIpc) is 2.79. The van der Waals surface area contributed by atoms with Crippen LogP contribution in [0.1, 0.15) is 0 Å². The van der Waals surface area contributed by atoms with E-state index in [2.05, 4.69) is 88.8 Å². The van der Waals surface area contributed by atoms with Crippen molar-refractivity contribution < 1.29 is 0 Å². The van der Waals surface area contributed by atoms with Gasteiger partial charge in [-0.3, -0.25) is 0 Å². The molecule has 28 heavy (non-hydrogen) atoms. The van der Waals surface area contributed by atoms with E-state index in [1.165, 1.54) is 21.9 Å². The van der Waals surface area contributed by atoms with Crippen LogP contribution in [0.15, 0.2) is 109 Å². The molecule has 5 rings (SSSR count). The molecule has 1 aromatic heterocycles. The number of aromatic nitrogens is 2. The highest BCUT2D eigenvalue weighted by Crippen LogP contribution is 2.28. The van der Waals surface area contributed by atoms with Gasteiger partial charge in [0, 0.05) is 11.1 Å². The van der Waals surface area contributed by atoms with Crippen LogP contribution in [0.3, 0.4) is 0 Å². The lowest BCUT2D eigenvalue weighted by Gasteiger charge is -2.07. The van der Waals surface area contributed by atoms with E-state index in [-0.39, 0.29) is 0 Å². The van der Waals surface area contributed by atoms with Crippen molar-refractivity contribution in [1.29, 1.82) is 0 Å². The molecule has 0 atom stereocenters. The highest BCUT2D eigenvalue weighted by molar-refractivity contribution is 5.87. The molecule has 5 aromatic rings. The summed E-state index contributed by atoms with van der Waals surface area (Å²) in [6.07, 6.45) is 1.63. The molecular weight excluding hydrogens is 340 g/mol. The van der Waals surface area contributed by atoms with Gasteiger partial charge in [-0.25, -0.2) is 9.97 Å². The summed E-state index contributed by atoms with van der Waals surface area (Å²) in [7, 11) is 0. The second kappa shape index (κ2) is 7.09. The highest BCUT2D eigenvalue weighted by atomic mass is 14.8. The Labute approximate surface area is 164 Å². The smallest absolute Gasteiger partial charge is 0.116 e. The van der Waals surface area contributed by atoms with Crippen molar-refractivity contribution in [3.63, 3.8) is 0 Å². The molecule has 0 amide bonds. The largest absolute Gasteiger partial charge is 0.236 e. The second-order valence-corrected chi connectivity index (χ2v) is 6.79. The first-order valence-corrected chi connectivity index (χ1v) is 9.34. The normalized spacial score (nSPS) is 10.9. The van der Waals surface area contributed by atoms with Crippen LogP contribution in [0.4, 0.5) is 0 Å². The summed E-state index contributed by atoms with van der Waals surface area (Å²) in [5.74, 6) is 0. The topological polar surface area (TPSA) is 25.8 Å². The van der Waals surface area contributed by atoms with E-state index in [0.717, 1.165) is 22.5 Å². The third kappa shape index (κ3) is 3.17. The molecule has 0 aliphatic rings. The Kier molecular flexibility index (Phi) is 4.15. The van der Waals surface area contributed by atoms with E-state index < -0.39 is 0 Å². The van der Waals surface area contributed by atoms with Crippen molar-refractivity contribution in [2.75, 3.05) is 0 Å². The van der Waals surface area contributed by atoms with Crippen molar-refractivity contribution >= 4 is 10.8 Å². The molecule has 0 N–H and O–H groups in total. The molecule has 2 nitrogen and oxygen atoms in total. The number of fused-ring (bicyclic) bond motifs is 1. The number of nitrogens with zero attached hydrogens (tertiary/aromatic N) is 2. The van der Waals surface area contributed by atoms with Crippen LogP contribution in [0.5, 0.6) is 0 Å². The molecule has 0 saturated carbocycles. The first kappa shape index (κ1) is 16.4. The molecular formula is C26H18N2. The Balaban J connectivity index is 1.48. The zero-order valence-corrected chi connectivity index (χ0v) is 15.3. The summed E-state index contributed by atoms with van der Waals surface area (Å²) in [5, 5.41) is 2.52. The molecule has 1 heterocycles. The summed E-state index contributed by atoms with van der Waals surface area (Å²) in [5.41, 5.74) is 6.47. The van der Waals surface area contributed by atoms with E-state index in [4.69, 9.17) is 0 Å². The Morgan fingerprint density at radius 1 is 0.393 bits per heavy atom. The zero-order chi connectivity index (χ0) is 18.8. The lowest BCUT2D eigenvalue weighted by atomic mass is 9.99. The van der Waals surface area contributed by atoms with Crippen LogP contribution in [-0.4, -0.2) is 9.97 Å². The van der Waals surface area contributed by atoms with E-state index in [1.807, 2.05) is 24.3 Å². The fourth-order valence-corrected chi connectivity index (χ4v) is 3.48. The molecule has 0 unspecified atom stereocenters. The number of benzene rings is 4. The summed E-state index contributed by atoms with van der Waals surface area (Å²) < 4.78 is 0. The Morgan fingerprint density at radius 3 is 1.71 bits per heavy atom. The zero-order valence-electron chi connectivity index (χ0n) is 15.3. The summed E-state index contributed by atoms with van der Waals surface area (Å²) >= 11 is 0. The van der Waals surface area contributed by atoms with Gasteiger partial charge < -0.3 is 0 Å². The van der Waals surface area contributed by atoms with Crippen molar-refractivity contribution in [1.82, 2.24) is 9.97 Å². The fraction of sp³-hybridized carbons (Fsp3) is 0. The third-order valence-electron chi connectivity index (χ3n) is 5.00. The minimum Gasteiger partial charge on any atom is -0.236 e. The maximum absolute atomic E-state index is 4.47. The first-order chi connectivity index (χ1) is 13.9. The Morgan fingerprint density at radius 2 is 0.964 bits per heavy atom. The SMILES string of the molecule is c1ccc(-c2cc(-c3ccc(-c4ccc5ccccc5c4)cc3)ncn2)cc1. The maximum Gasteiger partial charge on any atom is 0.116 e. The van der Waals surface area contributed by atoms with E-state index >= 15 is 0 Å². The van der Waals surface area contributed by atoms with Gasteiger partial charge in [0.15, 0.2) is 0 Å². The number of rotatable bonds is 3. The Hall–Kier alpha value is -3.78. The van der Waals surface area contributed by atoms with Gasteiger partial charge in [0.1, 0.15) is 6.33 Å². The van der Waals surface area contributed by atoms with Gasteiger partial charge in [-0.1, -0.05) is 91.0 Å². The number of hydrogen-bond donors (Lipinski definition) is 0. The van der Waals surface area contributed by atoms with Crippen LogP contribution in [0.2, 0.25) is 0 Å². The Bertz CT molecular complexity index is 1240. The fourth-order valence-electron chi connectivity index (χ4n) is 3.48. The van der Waals surface area contributed by atoms with Crippen LogP contribution in [0.25, 0.3) is 44.4 Å². The van der Waals surface area contributed by atoms with Gasteiger partial charge >= 0.3 is 0 Å². The van der Waals surface area contributed by atoms with Crippen molar-refractivity contribution in [2.45, 2.75) is 0 Å². The molecule has 0 aliphatic carbocycles. The van der Waals surface area contributed by atoms with E-state index in [1.54, 1.807) is 6.33 Å². The quantitative estimate of drug-likeness (QED) is 0.362. The average molecular weight is 358 g/mol. The summed E-state index contributed by atoms with van der Waals surface area (Å²) in [4.78, 5) is 8.89. The van der Waals surface area contributed by atoms with Gasteiger partial charge in [-0.05, 0) is 34.0 Å². The van der Waals surface area contributed by atoms with Gasteiger partial charge in [-0.2, -0.15) is 0 Å². The predicted molar refractivity (Wildman–Crippen MR) is 116 cm³/mol. The minimum atomic E-state index is 0.930. The van der Waals surface area contributed by atoms with Gasteiger partial charge in [0.2, 0.25) is 0 Å². The lowest BCUT2D eigenvalue weighted by molar-refractivity contribution is 1.18. The standard InChI is InChI=1S/C26H18N2/c1-2-7-21(8-3-1)25-17-26(28-18-27-25)22-13-10-20(11-14-22)24-15-12-19-6-4-5-9-23(19)16-24/h1-18H. The monoisotopic (exact) mass is 358 g/mol. The summed E-state index contributed by atoms with van der Waals surface area (Å²) in [6, 6.07) is 35.8. The van der Waals surface area contributed by atoms with E-state index in [9.17, 15) is 0 Å². The van der Waals surface area contributed by atoms with Gasteiger partial charge in [0.05, 0.1) is 11.4 Å². The van der Waals surface area contributed by atoms with E-state index in [0.29, 0.717) is 0 Å². The third-order valence-corrected chi connectivity index (χ3v) is 5.00. The van der Waals surface area contributed by atoms with Crippen LogP contribution >= 0.6 is 0 Å². The first-order valence-electron chi connectivity index (χ1n) is 9.34. The van der Waals surface area contributed by atoms with Crippen molar-refractivity contribution in [2.24, 2.45) is 0 Å². The highest BCUT2D eigenvalue weighted by Gasteiger charge is 2.05. The van der Waals surface area contributed by atoms with Gasteiger partial charge in [-0.15, -0.1) is 0 Å². The summed E-state index contributed by atoms with van der Waals surface area (Å²) in [6.45, 7) is 0. The molecule has 0 aliphatic heterocycles. The van der Waals surface area contributed by atoms with Crippen molar-refractivity contribution in [3.8, 4) is 33.6 Å². The second-order valence-electron chi connectivity index (χ2n) is 6.79. The molecule has 0 fully saturated rings. The van der Waals surface area contributed by atoms with Crippen molar-refractivity contribution in [3.05, 3.63) is 109 Å². The maximum atomic E-state index is 4.47. The molecule has 0 radical (unpaired) electrons. The number of hydrogen-bond acceptors (Lipinski definition) is 2. The molecule has 132 valence electrons. The molecule has 2 heteroatoms. The lowest BCUT2D eigenvalue weighted by Crippen LogP contribution is -1.89. The van der Waals surface area contributed by atoms with Gasteiger partial charge in [0.25, 0.3) is 0 Å². The molecule has 0 saturated heterocycles. The predicted octanol–water partition coefficient (Wildman–Crippen LogP) is 6.63.